The van der Waals surface area contributed by atoms with Gasteiger partial charge in [0, 0.05) is 83.0 Å². The van der Waals surface area contributed by atoms with Crippen molar-refractivity contribution < 1.29 is 38.4 Å². The third-order valence-electron chi connectivity index (χ3n) is 11.1. The third-order valence-corrected chi connectivity index (χ3v) is 12.1. The lowest BCUT2D eigenvalue weighted by Crippen LogP contribution is -2.40. The molecule has 61 heavy (non-hydrogen) atoms. The van der Waals surface area contributed by atoms with Crippen molar-refractivity contribution in [2.75, 3.05) is 51.8 Å². The topological polar surface area (TPSA) is 167 Å². The number of amides is 4. The van der Waals surface area contributed by atoms with Gasteiger partial charge in [-0.2, -0.15) is 11.8 Å². The molecule has 0 rings (SSSR count). The molecule has 4 amide bonds. The van der Waals surface area contributed by atoms with E-state index in [4.69, 9.17) is 0 Å². The Morgan fingerprint density at radius 1 is 0.541 bits per heavy atom. The van der Waals surface area contributed by atoms with Gasteiger partial charge < -0.3 is 20.4 Å². The summed E-state index contributed by atoms with van der Waals surface area (Å²) in [6.07, 6.45) is 19.2. The summed E-state index contributed by atoms with van der Waals surface area (Å²) in [6.45, 7) is 11.5. The molecule has 2 atom stereocenters. The second-order valence-electron chi connectivity index (χ2n) is 17.8. The highest BCUT2D eigenvalue weighted by Crippen LogP contribution is 2.19. The third kappa shape index (κ3) is 31.4. The molecule has 13 heteroatoms. The molecule has 0 aromatic rings. The van der Waals surface area contributed by atoms with Crippen LogP contribution in [0.5, 0.6) is 0 Å². The SMILES string of the molecule is CCCCCCCCCCCCCCCC(=O)NCCC(=O)N(C)CC(=O)C[C@@H](CCCCNC(=O)CSCCCC(=O)C(C)C)C(=O)N(C)CC(=O)C[C@@H](C)C(=O)C(C)C. The lowest BCUT2D eigenvalue weighted by atomic mass is 9.92. The van der Waals surface area contributed by atoms with E-state index in [9.17, 15) is 38.4 Å². The van der Waals surface area contributed by atoms with E-state index in [0.29, 0.717) is 44.4 Å². The maximum absolute atomic E-state index is 13.6. The van der Waals surface area contributed by atoms with E-state index < -0.39 is 11.8 Å². The van der Waals surface area contributed by atoms with Gasteiger partial charge in [-0.1, -0.05) is 125 Å². The summed E-state index contributed by atoms with van der Waals surface area (Å²) in [5.41, 5.74) is 0. The number of rotatable bonds is 40. The lowest BCUT2D eigenvalue weighted by Gasteiger charge is -2.24. The van der Waals surface area contributed by atoms with Crippen LogP contribution < -0.4 is 10.6 Å². The van der Waals surface area contributed by atoms with Crippen LogP contribution in [0.3, 0.4) is 0 Å². The molecule has 0 aromatic carbocycles. The van der Waals surface area contributed by atoms with Gasteiger partial charge in [0.25, 0.3) is 0 Å². The van der Waals surface area contributed by atoms with E-state index in [1.165, 1.54) is 99.9 Å². The number of nitrogens with one attached hydrogen (secondary N) is 2. The molecule has 0 aromatic heterocycles. The van der Waals surface area contributed by atoms with Crippen LogP contribution in [0.1, 0.15) is 183 Å². The highest BCUT2D eigenvalue weighted by Gasteiger charge is 2.28. The molecule has 0 saturated carbocycles. The molecule has 0 radical (unpaired) electrons. The molecule has 0 fully saturated rings. The zero-order valence-corrected chi connectivity index (χ0v) is 40.5. The Labute approximate surface area is 374 Å². The molecule has 0 heterocycles. The molecule has 0 unspecified atom stereocenters. The lowest BCUT2D eigenvalue weighted by molar-refractivity contribution is -0.140. The van der Waals surface area contributed by atoms with Crippen LogP contribution in [0.2, 0.25) is 0 Å². The highest BCUT2D eigenvalue weighted by molar-refractivity contribution is 7.99. The Bertz CT molecular complexity index is 1310. The fourth-order valence-electron chi connectivity index (χ4n) is 7.22. The maximum atomic E-state index is 13.6. The van der Waals surface area contributed by atoms with Gasteiger partial charge in [-0.25, -0.2) is 0 Å². The Balaban J connectivity index is 4.83. The zero-order valence-electron chi connectivity index (χ0n) is 39.7. The quantitative estimate of drug-likeness (QED) is 0.0576. The predicted molar refractivity (Wildman–Crippen MR) is 248 cm³/mol. The molecule has 0 aliphatic rings. The van der Waals surface area contributed by atoms with Crippen LogP contribution in [0.25, 0.3) is 0 Å². The van der Waals surface area contributed by atoms with Gasteiger partial charge in [0.05, 0.1) is 18.8 Å². The summed E-state index contributed by atoms with van der Waals surface area (Å²) in [4.78, 5) is 104. The van der Waals surface area contributed by atoms with Gasteiger partial charge in [0.15, 0.2) is 11.6 Å². The van der Waals surface area contributed by atoms with Crippen molar-refractivity contribution in [2.45, 2.75) is 183 Å². The first-order valence-electron chi connectivity index (χ1n) is 23.7. The van der Waals surface area contributed by atoms with Gasteiger partial charge in [-0.3, -0.25) is 38.4 Å². The maximum Gasteiger partial charge on any atom is 0.229 e. The molecular formula is C48H86N4O8S. The number of hydrogen-bond donors (Lipinski definition) is 2. The van der Waals surface area contributed by atoms with E-state index >= 15 is 0 Å². The van der Waals surface area contributed by atoms with Gasteiger partial charge in [-0.15, -0.1) is 0 Å². The molecule has 0 saturated heterocycles. The number of unbranched alkanes of at least 4 members (excludes halogenated alkanes) is 13. The number of Topliss-reactive ketones (excluding diaryl/α,β-unsaturated/α-hetero) is 4. The van der Waals surface area contributed by atoms with Crippen LogP contribution >= 0.6 is 11.8 Å². The molecule has 0 aliphatic heterocycles. The average molecular weight is 879 g/mol. The van der Waals surface area contributed by atoms with E-state index in [1.54, 1.807) is 20.8 Å². The summed E-state index contributed by atoms with van der Waals surface area (Å²) in [6, 6.07) is 0. The minimum Gasteiger partial charge on any atom is -0.356 e. The van der Waals surface area contributed by atoms with Crippen molar-refractivity contribution in [1.29, 1.82) is 0 Å². The minimum absolute atomic E-state index is 0.0133. The molecule has 12 nitrogen and oxygen atoms in total. The van der Waals surface area contributed by atoms with Gasteiger partial charge in [-0.05, 0) is 31.4 Å². The van der Waals surface area contributed by atoms with Gasteiger partial charge in [0.1, 0.15) is 11.6 Å². The fourth-order valence-corrected chi connectivity index (χ4v) is 8.00. The second-order valence-corrected chi connectivity index (χ2v) is 18.9. The minimum atomic E-state index is -0.729. The number of likely N-dealkylation sites (N-methyl/N-ethyl adjacent to an activating group) is 2. The van der Waals surface area contributed by atoms with Gasteiger partial charge >= 0.3 is 0 Å². The molecular weight excluding hydrogens is 793 g/mol. The molecule has 0 aliphatic carbocycles. The summed E-state index contributed by atoms with van der Waals surface area (Å²) in [5, 5.41) is 5.71. The highest BCUT2D eigenvalue weighted by atomic mass is 32.2. The van der Waals surface area contributed by atoms with E-state index in [0.717, 1.165) is 31.4 Å². The van der Waals surface area contributed by atoms with Crippen LogP contribution in [0.15, 0.2) is 0 Å². The number of ketones is 4. The summed E-state index contributed by atoms with van der Waals surface area (Å²) in [5.74, 6) is -1.50. The van der Waals surface area contributed by atoms with E-state index in [-0.39, 0.29) is 97.5 Å². The number of carbonyl (C=O) groups is 8. The van der Waals surface area contributed by atoms with Crippen molar-refractivity contribution in [3.8, 4) is 0 Å². The number of carbonyl (C=O) groups excluding carboxylic acids is 8. The molecule has 0 bridgehead atoms. The average Bonchev–Trinajstić information content (AvgIpc) is 3.20. The molecule has 352 valence electrons. The van der Waals surface area contributed by atoms with Crippen molar-refractivity contribution in [1.82, 2.24) is 20.4 Å². The fraction of sp³-hybridized carbons (Fsp3) is 0.833. The first-order chi connectivity index (χ1) is 29.0. The van der Waals surface area contributed by atoms with E-state index in [2.05, 4.69) is 17.6 Å². The normalized spacial score (nSPS) is 12.2. The Hall–Kier alpha value is -3.09. The molecule has 2 N–H and O–H groups in total. The smallest absolute Gasteiger partial charge is 0.229 e. The second kappa shape index (κ2) is 36.4. The van der Waals surface area contributed by atoms with Crippen LogP contribution in [0, 0.1) is 23.7 Å². The first kappa shape index (κ1) is 57.9. The van der Waals surface area contributed by atoms with E-state index in [1.807, 2.05) is 13.8 Å². The van der Waals surface area contributed by atoms with Crippen molar-refractivity contribution in [3.05, 3.63) is 0 Å². The summed E-state index contributed by atoms with van der Waals surface area (Å²) < 4.78 is 0. The number of nitrogens with zero attached hydrogens (tertiary/aromatic N) is 2. The first-order valence-corrected chi connectivity index (χ1v) is 24.8. The van der Waals surface area contributed by atoms with Crippen molar-refractivity contribution in [3.63, 3.8) is 0 Å². The predicted octanol–water partition coefficient (Wildman–Crippen LogP) is 8.31. The van der Waals surface area contributed by atoms with Crippen molar-refractivity contribution >= 4 is 58.5 Å². The van der Waals surface area contributed by atoms with Crippen LogP contribution in [0.4, 0.5) is 0 Å². The Morgan fingerprint density at radius 3 is 1.66 bits per heavy atom. The molecule has 0 spiro atoms. The summed E-state index contributed by atoms with van der Waals surface area (Å²) in [7, 11) is 3.05. The zero-order chi connectivity index (χ0) is 46.0. The van der Waals surface area contributed by atoms with Crippen LogP contribution in [-0.2, 0) is 38.4 Å². The monoisotopic (exact) mass is 879 g/mol. The van der Waals surface area contributed by atoms with Crippen LogP contribution in [-0.4, -0.2) is 108 Å². The standard InChI is InChI=1S/C48H86N4O8S/c1-9-10-11-12-13-14-15-16-17-18-19-20-21-27-44(56)50-30-28-46(58)51(7)34-42(54)33-40(48(60)52(8)35-41(53)32-39(6)47(59)38(4)5)25-22-23-29-49-45(57)36-61-31-24-26-43(55)37(2)3/h37-40H,9-36H2,1-8H3,(H,49,57)(H,50,56)/t39-,40-/m1/s1. The number of hydrogen-bond acceptors (Lipinski definition) is 9. The Kier molecular flexibility index (Phi) is 34.6. The summed E-state index contributed by atoms with van der Waals surface area (Å²) >= 11 is 1.48. The van der Waals surface area contributed by atoms with Gasteiger partial charge in [0.2, 0.25) is 23.6 Å². The van der Waals surface area contributed by atoms with Crippen molar-refractivity contribution in [2.24, 2.45) is 23.7 Å². The Morgan fingerprint density at radius 2 is 1.08 bits per heavy atom. The largest absolute Gasteiger partial charge is 0.356 e. The number of thioether (sulfide) groups is 1.